The summed E-state index contributed by atoms with van der Waals surface area (Å²) in [4.78, 5) is 17.7. The van der Waals surface area contributed by atoms with Crippen molar-refractivity contribution in [3.05, 3.63) is 65.2 Å². The molecule has 2 aromatic carbocycles. The van der Waals surface area contributed by atoms with Crippen molar-refractivity contribution in [1.29, 1.82) is 0 Å². The maximum Gasteiger partial charge on any atom is 0.298 e. The van der Waals surface area contributed by atoms with E-state index in [0.717, 1.165) is 56.5 Å². The van der Waals surface area contributed by atoms with Crippen LogP contribution in [0.4, 0.5) is 0 Å². The summed E-state index contributed by atoms with van der Waals surface area (Å²) < 4.78 is 6.77. The summed E-state index contributed by atoms with van der Waals surface area (Å²) in [6.45, 7) is 2.05. The van der Waals surface area contributed by atoms with Gasteiger partial charge in [0.25, 0.3) is 5.91 Å². The van der Waals surface area contributed by atoms with Gasteiger partial charge in [0.15, 0.2) is 0 Å². The van der Waals surface area contributed by atoms with E-state index in [2.05, 4.69) is 34.9 Å². The maximum atomic E-state index is 13.2. The van der Waals surface area contributed by atoms with Crippen molar-refractivity contribution in [1.82, 2.24) is 9.80 Å². The SMILES string of the molecule is CN(C(=O)C#Cc1ccccc1)[C@H]1CC[C@H]2[C@H]3Cc4cccc5c4[C@@]2(CCN3CC2CC2O)[C@H]1O5. The molecule has 2 bridgehead atoms. The second-order valence-electron chi connectivity index (χ2n) is 11.2. The van der Waals surface area contributed by atoms with Gasteiger partial charge in [-0.3, -0.25) is 9.69 Å². The Morgan fingerprint density at radius 3 is 2.83 bits per heavy atom. The van der Waals surface area contributed by atoms with Crippen LogP contribution in [-0.2, 0) is 16.6 Å². The van der Waals surface area contributed by atoms with E-state index in [-0.39, 0.29) is 29.6 Å². The summed E-state index contributed by atoms with van der Waals surface area (Å²) in [5, 5.41) is 9.99. The minimum atomic E-state index is -0.138. The Hall–Kier alpha value is -2.81. The summed E-state index contributed by atoms with van der Waals surface area (Å²) in [7, 11) is 1.90. The molecule has 1 spiro atoms. The van der Waals surface area contributed by atoms with Crippen LogP contribution in [0.25, 0.3) is 0 Å². The Morgan fingerprint density at radius 2 is 2.03 bits per heavy atom. The van der Waals surface area contributed by atoms with Crippen molar-refractivity contribution in [3.63, 3.8) is 0 Å². The molecule has 1 N–H and O–H groups in total. The van der Waals surface area contributed by atoms with Gasteiger partial charge in [-0.2, -0.15) is 0 Å². The minimum Gasteiger partial charge on any atom is -0.487 e. The number of likely N-dealkylation sites (tertiary alicyclic amines) is 1. The lowest BCUT2D eigenvalue weighted by Crippen LogP contribution is -2.69. The van der Waals surface area contributed by atoms with Gasteiger partial charge in [0.1, 0.15) is 11.9 Å². The van der Waals surface area contributed by atoms with E-state index >= 15 is 0 Å². The first-order chi connectivity index (χ1) is 17.1. The Bertz CT molecular complexity index is 1230. The average molecular weight is 469 g/mol. The van der Waals surface area contributed by atoms with Crippen LogP contribution in [0.3, 0.4) is 0 Å². The van der Waals surface area contributed by atoms with Crippen LogP contribution in [0, 0.1) is 23.7 Å². The number of aliphatic hydroxyl groups excluding tert-OH is 1. The van der Waals surface area contributed by atoms with Crippen molar-refractivity contribution in [3.8, 4) is 17.6 Å². The van der Waals surface area contributed by atoms with Crippen molar-refractivity contribution in [2.45, 2.75) is 61.8 Å². The third-order valence-corrected chi connectivity index (χ3v) is 9.56. The van der Waals surface area contributed by atoms with Crippen molar-refractivity contribution >= 4 is 5.91 Å². The zero-order valence-corrected chi connectivity index (χ0v) is 20.2. The van der Waals surface area contributed by atoms with E-state index in [9.17, 15) is 9.90 Å². The predicted molar refractivity (Wildman–Crippen MR) is 133 cm³/mol. The molecule has 2 unspecified atom stereocenters. The highest BCUT2D eigenvalue weighted by molar-refractivity contribution is 5.94. The van der Waals surface area contributed by atoms with Gasteiger partial charge < -0.3 is 14.7 Å². The van der Waals surface area contributed by atoms with Crippen LogP contribution in [0.2, 0.25) is 0 Å². The molecule has 0 radical (unpaired) electrons. The smallest absolute Gasteiger partial charge is 0.298 e. The highest BCUT2D eigenvalue weighted by atomic mass is 16.5. The Labute approximate surface area is 207 Å². The van der Waals surface area contributed by atoms with E-state index in [4.69, 9.17) is 4.74 Å². The lowest BCUT2D eigenvalue weighted by atomic mass is 9.51. The first-order valence-electron chi connectivity index (χ1n) is 13.1. The first-order valence-corrected chi connectivity index (χ1v) is 13.1. The molecule has 180 valence electrons. The third-order valence-electron chi connectivity index (χ3n) is 9.56. The van der Waals surface area contributed by atoms with Crippen LogP contribution in [0.1, 0.15) is 42.4 Å². The van der Waals surface area contributed by atoms with Gasteiger partial charge in [-0.25, -0.2) is 0 Å². The zero-order chi connectivity index (χ0) is 23.7. The van der Waals surface area contributed by atoms with Crippen LogP contribution in [0.5, 0.6) is 5.75 Å². The molecule has 5 aliphatic rings. The van der Waals surface area contributed by atoms with Crippen molar-refractivity contribution < 1.29 is 14.6 Å². The largest absolute Gasteiger partial charge is 0.487 e. The van der Waals surface area contributed by atoms with Crippen molar-refractivity contribution in [2.24, 2.45) is 11.8 Å². The molecule has 5 nitrogen and oxygen atoms in total. The molecule has 5 heteroatoms. The number of amides is 1. The highest BCUT2D eigenvalue weighted by Gasteiger charge is 2.66. The standard InChI is InChI=1S/C30H32N2O3/c1-31(27(34)13-10-19-6-3-2-4-7-19)23-12-11-22-24-16-20-8-5-9-26-28(20)30(22,29(23)35-26)14-15-32(24)18-21-17-25(21)33/h2-9,21-25,29,33H,11-12,14-18H2,1H3/t21?,22-,23-,24+,25?,29-,30-/m0/s1. The number of piperidine rings is 1. The van der Waals surface area contributed by atoms with E-state index in [1.54, 1.807) is 0 Å². The van der Waals surface area contributed by atoms with Gasteiger partial charge in [0, 0.05) is 48.0 Å². The fraction of sp³-hybridized carbons (Fsp3) is 0.500. The molecule has 2 heterocycles. The third kappa shape index (κ3) is 3.20. The van der Waals surface area contributed by atoms with Gasteiger partial charge in [-0.15, -0.1) is 0 Å². The number of aliphatic hydroxyl groups is 1. The van der Waals surface area contributed by atoms with Gasteiger partial charge in [0.2, 0.25) is 0 Å². The van der Waals surface area contributed by atoms with Gasteiger partial charge in [-0.1, -0.05) is 36.3 Å². The summed E-state index contributed by atoms with van der Waals surface area (Å²) in [5.41, 5.74) is 3.68. The lowest BCUT2D eigenvalue weighted by molar-refractivity contribution is -0.134. The number of hydrogen-bond acceptors (Lipinski definition) is 4. The maximum absolute atomic E-state index is 13.2. The number of carbonyl (C=O) groups is 1. The topological polar surface area (TPSA) is 53.0 Å². The van der Waals surface area contributed by atoms with Gasteiger partial charge in [-0.05, 0) is 68.3 Å². The Morgan fingerprint density at radius 1 is 1.20 bits per heavy atom. The molecule has 7 atom stereocenters. The normalized spacial score (nSPS) is 35.8. The molecule has 1 saturated heterocycles. The van der Waals surface area contributed by atoms with Crippen LogP contribution < -0.4 is 4.74 Å². The van der Waals surface area contributed by atoms with E-state index in [1.807, 2.05) is 42.3 Å². The molecule has 1 amide bonds. The summed E-state index contributed by atoms with van der Waals surface area (Å²) >= 11 is 0. The second kappa shape index (κ2) is 7.85. The van der Waals surface area contributed by atoms with Crippen LogP contribution >= 0.6 is 0 Å². The highest BCUT2D eigenvalue weighted by Crippen LogP contribution is 2.62. The number of ether oxygens (including phenoxy) is 1. The molecular weight excluding hydrogens is 436 g/mol. The summed E-state index contributed by atoms with van der Waals surface area (Å²) in [6.07, 6.45) is 4.97. The van der Waals surface area contributed by atoms with E-state index in [1.165, 1.54) is 11.1 Å². The second-order valence-corrected chi connectivity index (χ2v) is 11.2. The first kappa shape index (κ1) is 21.5. The molecule has 2 aliphatic heterocycles. The molecule has 7 rings (SSSR count). The van der Waals surface area contributed by atoms with Crippen LogP contribution in [0.15, 0.2) is 48.5 Å². The van der Waals surface area contributed by atoms with E-state index in [0.29, 0.717) is 17.9 Å². The minimum absolute atomic E-state index is 0.0135. The fourth-order valence-corrected chi connectivity index (χ4v) is 7.81. The number of rotatable bonds is 3. The molecule has 3 aliphatic carbocycles. The molecule has 2 saturated carbocycles. The number of likely N-dealkylation sites (N-methyl/N-ethyl adjacent to an activating group) is 1. The zero-order valence-electron chi connectivity index (χ0n) is 20.2. The number of nitrogens with zero attached hydrogens (tertiary/aromatic N) is 2. The van der Waals surface area contributed by atoms with E-state index < -0.39 is 0 Å². The fourth-order valence-electron chi connectivity index (χ4n) is 7.81. The predicted octanol–water partition coefficient (Wildman–Crippen LogP) is 2.99. The number of carbonyl (C=O) groups excluding carboxylic acids is 1. The Kier molecular flexibility index (Phi) is 4.81. The molecule has 35 heavy (non-hydrogen) atoms. The van der Waals surface area contributed by atoms with Gasteiger partial charge in [0.05, 0.1) is 12.1 Å². The van der Waals surface area contributed by atoms with Gasteiger partial charge >= 0.3 is 0 Å². The number of benzene rings is 2. The average Bonchev–Trinajstić information content (AvgIpc) is 3.46. The molecular formula is C30H32N2O3. The van der Waals surface area contributed by atoms with Crippen molar-refractivity contribution in [2.75, 3.05) is 20.1 Å². The quantitative estimate of drug-likeness (QED) is 0.704. The molecule has 0 aromatic heterocycles. The monoisotopic (exact) mass is 468 g/mol. The lowest BCUT2D eigenvalue weighted by Gasteiger charge is -2.60. The molecule has 2 aromatic rings. The Balaban J connectivity index is 1.21. The number of hydrogen-bond donors (Lipinski definition) is 1. The van der Waals surface area contributed by atoms with Crippen LogP contribution in [-0.4, -0.2) is 65.2 Å². The summed E-state index contributed by atoms with van der Waals surface area (Å²) in [6, 6.07) is 16.7. The summed E-state index contributed by atoms with van der Waals surface area (Å²) in [5.74, 6) is 7.78. The molecule has 3 fully saturated rings.